The number of carbonyl (C=O) groups excluding carboxylic acids is 1. The van der Waals surface area contributed by atoms with Crippen molar-refractivity contribution in [2.24, 2.45) is 0 Å². The third kappa shape index (κ3) is 3.11. The first kappa shape index (κ1) is 14.4. The Bertz CT molecular complexity index is 584. The van der Waals surface area contributed by atoms with Crippen LogP contribution in [-0.4, -0.2) is 13.1 Å². The lowest BCUT2D eigenvalue weighted by atomic mass is 10.2. The molecule has 0 amide bonds. The predicted molar refractivity (Wildman–Crippen MR) is 73.5 cm³/mol. The number of carbonyl (C=O) groups is 1. The molecule has 0 aliphatic carbocycles. The van der Waals surface area contributed by atoms with Crippen molar-refractivity contribution in [3.05, 3.63) is 47.3 Å². The van der Waals surface area contributed by atoms with Crippen LogP contribution in [0.15, 0.2) is 33.1 Å². The molecule has 2 aromatic rings. The molecule has 0 aliphatic heterocycles. The maximum absolute atomic E-state index is 11.3. The second kappa shape index (κ2) is 5.96. The highest BCUT2D eigenvalue weighted by molar-refractivity contribution is 5.86. The second-order valence-electron chi connectivity index (χ2n) is 4.75. The first-order valence-electron chi connectivity index (χ1n) is 6.51. The summed E-state index contributed by atoms with van der Waals surface area (Å²) >= 11 is 0. The lowest BCUT2D eigenvalue weighted by Gasteiger charge is -2.16. The first-order valence-corrected chi connectivity index (χ1v) is 6.51. The van der Waals surface area contributed by atoms with Crippen LogP contribution in [0.5, 0.6) is 0 Å². The number of esters is 1. The van der Waals surface area contributed by atoms with E-state index in [1.165, 1.54) is 7.11 Å². The summed E-state index contributed by atoms with van der Waals surface area (Å²) in [5, 5.41) is 3.36. The quantitative estimate of drug-likeness (QED) is 0.849. The molecule has 0 aromatic carbocycles. The highest BCUT2D eigenvalue weighted by Crippen LogP contribution is 2.22. The van der Waals surface area contributed by atoms with E-state index in [9.17, 15) is 4.79 Å². The summed E-state index contributed by atoms with van der Waals surface area (Å²) < 4.78 is 15.7. The summed E-state index contributed by atoms with van der Waals surface area (Å²) in [5.41, 5.74) is 0. The zero-order valence-electron chi connectivity index (χ0n) is 12.1. The molecule has 0 radical (unpaired) electrons. The Balaban J connectivity index is 2.02. The van der Waals surface area contributed by atoms with Gasteiger partial charge in [0.1, 0.15) is 17.3 Å². The number of methoxy groups -OCH3 is 1. The highest BCUT2D eigenvalue weighted by atomic mass is 16.5. The van der Waals surface area contributed by atoms with Gasteiger partial charge in [0.15, 0.2) is 0 Å². The fourth-order valence-electron chi connectivity index (χ4n) is 2.02. The molecule has 0 saturated heterocycles. The van der Waals surface area contributed by atoms with Crippen molar-refractivity contribution < 1.29 is 18.4 Å². The van der Waals surface area contributed by atoms with Crippen LogP contribution in [0.25, 0.3) is 0 Å². The van der Waals surface area contributed by atoms with Crippen LogP contribution in [-0.2, 0) is 4.74 Å². The first-order chi connectivity index (χ1) is 9.51. The maximum atomic E-state index is 11.3. The van der Waals surface area contributed by atoms with Gasteiger partial charge in [-0.2, -0.15) is 0 Å². The molecule has 2 atom stereocenters. The fraction of sp³-hybridized carbons (Fsp3) is 0.400. The van der Waals surface area contributed by atoms with Gasteiger partial charge in [0.2, 0.25) is 5.76 Å². The van der Waals surface area contributed by atoms with Crippen LogP contribution in [0.1, 0.15) is 53.8 Å². The maximum Gasteiger partial charge on any atom is 0.373 e. The Morgan fingerprint density at radius 1 is 1.10 bits per heavy atom. The van der Waals surface area contributed by atoms with Gasteiger partial charge in [-0.05, 0) is 45.0 Å². The van der Waals surface area contributed by atoms with Gasteiger partial charge in [-0.1, -0.05) is 0 Å². The van der Waals surface area contributed by atoms with Crippen LogP contribution in [0, 0.1) is 6.92 Å². The van der Waals surface area contributed by atoms with Crippen LogP contribution in [0.4, 0.5) is 0 Å². The van der Waals surface area contributed by atoms with Gasteiger partial charge < -0.3 is 13.6 Å². The third-order valence-electron chi connectivity index (χ3n) is 3.13. The topological polar surface area (TPSA) is 64.6 Å². The van der Waals surface area contributed by atoms with E-state index in [-0.39, 0.29) is 17.8 Å². The molecule has 2 heterocycles. The molecule has 2 aromatic heterocycles. The minimum Gasteiger partial charge on any atom is -0.465 e. The van der Waals surface area contributed by atoms with Crippen molar-refractivity contribution >= 4 is 5.97 Å². The van der Waals surface area contributed by atoms with Gasteiger partial charge in [-0.15, -0.1) is 0 Å². The summed E-state index contributed by atoms with van der Waals surface area (Å²) in [6.07, 6.45) is 0. The molecule has 0 bridgehead atoms. The van der Waals surface area contributed by atoms with Crippen molar-refractivity contribution in [3.8, 4) is 0 Å². The SMILES string of the molecule is COC(=O)c1ccc([C@H](C)N[C@H](C)c2ccc(C)o2)o1. The highest BCUT2D eigenvalue weighted by Gasteiger charge is 2.18. The van der Waals surface area contributed by atoms with E-state index in [0.717, 1.165) is 11.5 Å². The van der Waals surface area contributed by atoms with E-state index in [4.69, 9.17) is 8.83 Å². The Kier molecular flexibility index (Phi) is 4.29. The Hall–Kier alpha value is -2.01. The van der Waals surface area contributed by atoms with Gasteiger partial charge in [0.25, 0.3) is 0 Å². The Morgan fingerprint density at radius 2 is 1.70 bits per heavy atom. The lowest BCUT2D eigenvalue weighted by molar-refractivity contribution is 0.0562. The molecule has 5 heteroatoms. The Morgan fingerprint density at radius 3 is 2.25 bits per heavy atom. The van der Waals surface area contributed by atoms with Gasteiger partial charge in [0.05, 0.1) is 19.2 Å². The van der Waals surface area contributed by atoms with E-state index < -0.39 is 5.97 Å². The summed E-state index contributed by atoms with van der Waals surface area (Å²) in [5.74, 6) is 2.16. The van der Waals surface area contributed by atoms with Gasteiger partial charge >= 0.3 is 5.97 Å². The molecular weight excluding hydrogens is 258 g/mol. The number of hydrogen-bond acceptors (Lipinski definition) is 5. The van der Waals surface area contributed by atoms with E-state index >= 15 is 0 Å². The number of ether oxygens (including phenoxy) is 1. The van der Waals surface area contributed by atoms with Crippen molar-refractivity contribution in [2.75, 3.05) is 7.11 Å². The molecule has 20 heavy (non-hydrogen) atoms. The van der Waals surface area contributed by atoms with E-state index in [1.807, 2.05) is 32.9 Å². The zero-order valence-corrected chi connectivity index (χ0v) is 12.1. The van der Waals surface area contributed by atoms with Gasteiger partial charge in [-0.25, -0.2) is 4.79 Å². The van der Waals surface area contributed by atoms with Crippen molar-refractivity contribution in [2.45, 2.75) is 32.9 Å². The Labute approximate surface area is 117 Å². The summed E-state index contributed by atoms with van der Waals surface area (Å²) in [6.45, 7) is 5.89. The molecule has 108 valence electrons. The van der Waals surface area contributed by atoms with Gasteiger partial charge in [0, 0.05) is 0 Å². The smallest absolute Gasteiger partial charge is 0.373 e. The van der Waals surface area contributed by atoms with Crippen molar-refractivity contribution in [1.82, 2.24) is 5.32 Å². The minimum absolute atomic E-state index is 0.0466. The van der Waals surface area contributed by atoms with Crippen molar-refractivity contribution in [1.29, 1.82) is 0 Å². The minimum atomic E-state index is -0.474. The zero-order chi connectivity index (χ0) is 14.7. The molecular formula is C15H19NO4. The standard InChI is InChI=1S/C15H19NO4/c1-9-5-6-12(19-9)10(2)16-11(3)13-7-8-14(20-13)15(17)18-4/h5-8,10-11,16H,1-4H3/t10-,11+/m1/s1. The molecule has 1 N–H and O–H groups in total. The average Bonchev–Trinajstić information content (AvgIpc) is 3.06. The fourth-order valence-corrected chi connectivity index (χ4v) is 2.02. The third-order valence-corrected chi connectivity index (χ3v) is 3.13. The van der Waals surface area contributed by atoms with Crippen molar-refractivity contribution in [3.63, 3.8) is 0 Å². The van der Waals surface area contributed by atoms with E-state index in [1.54, 1.807) is 12.1 Å². The second-order valence-corrected chi connectivity index (χ2v) is 4.75. The summed E-state index contributed by atoms with van der Waals surface area (Å²) in [7, 11) is 1.33. The number of rotatable bonds is 5. The van der Waals surface area contributed by atoms with Gasteiger partial charge in [-0.3, -0.25) is 5.32 Å². The molecule has 0 fully saturated rings. The summed E-state index contributed by atoms with van der Waals surface area (Å²) in [6, 6.07) is 7.26. The van der Waals surface area contributed by atoms with E-state index in [0.29, 0.717) is 5.76 Å². The number of nitrogens with one attached hydrogen (secondary N) is 1. The molecule has 0 saturated carbocycles. The van der Waals surface area contributed by atoms with Crippen LogP contribution < -0.4 is 5.32 Å². The number of hydrogen-bond donors (Lipinski definition) is 1. The van der Waals surface area contributed by atoms with Crippen LogP contribution in [0.2, 0.25) is 0 Å². The normalized spacial score (nSPS) is 14.0. The molecule has 5 nitrogen and oxygen atoms in total. The van der Waals surface area contributed by atoms with E-state index in [2.05, 4.69) is 10.1 Å². The van der Waals surface area contributed by atoms with Crippen LogP contribution >= 0.6 is 0 Å². The van der Waals surface area contributed by atoms with Crippen LogP contribution in [0.3, 0.4) is 0 Å². The molecule has 0 aliphatic rings. The molecule has 0 unspecified atom stereocenters. The largest absolute Gasteiger partial charge is 0.465 e. The monoisotopic (exact) mass is 277 g/mol. The lowest BCUT2D eigenvalue weighted by Crippen LogP contribution is -2.21. The average molecular weight is 277 g/mol. The number of furan rings is 2. The number of aryl methyl sites for hydroxylation is 1. The summed E-state index contributed by atoms with van der Waals surface area (Å²) in [4.78, 5) is 11.3. The molecule has 2 rings (SSSR count). The predicted octanol–water partition coefficient (Wildman–Crippen LogP) is 3.38. The molecule has 0 spiro atoms.